The van der Waals surface area contributed by atoms with Gasteiger partial charge in [-0.1, -0.05) is 20.8 Å². The summed E-state index contributed by atoms with van der Waals surface area (Å²) in [4.78, 5) is 39.4. The van der Waals surface area contributed by atoms with Crippen LogP contribution in [-0.4, -0.2) is 76.1 Å². The molecule has 0 aromatic heterocycles. The van der Waals surface area contributed by atoms with Crippen LogP contribution >= 0.6 is 0 Å². The number of methoxy groups -OCH3 is 2. The lowest BCUT2D eigenvalue weighted by Crippen LogP contribution is -2.31. The van der Waals surface area contributed by atoms with Gasteiger partial charge in [-0.15, -0.1) is 0 Å². The molecule has 2 aromatic rings. The molecule has 14 heteroatoms. The van der Waals surface area contributed by atoms with Crippen molar-refractivity contribution >= 4 is 29.2 Å². The van der Waals surface area contributed by atoms with Gasteiger partial charge in [0, 0.05) is 31.8 Å². The van der Waals surface area contributed by atoms with Gasteiger partial charge >= 0.3 is 18.1 Å². The Hall–Kier alpha value is -4.36. The topological polar surface area (TPSA) is 118 Å². The molecule has 1 aliphatic heterocycles. The number of nitrogens with zero attached hydrogens (tertiary/aromatic N) is 2. The highest BCUT2D eigenvalue weighted by atomic mass is 19.4. The van der Waals surface area contributed by atoms with Gasteiger partial charge < -0.3 is 28.7 Å². The third-order valence-corrected chi connectivity index (χ3v) is 6.40. The zero-order chi connectivity index (χ0) is 31.7. The first kappa shape index (κ1) is 32.2. The number of carbonyl (C=O) groups excluding carboxylic acids is 3. The summed E-state index contributed by atoms with van der Waals surface area (Å²) in [6, 6.07) is 4.55. The molecule has 228 valence electrons. The number of Topliss-reactive ketones (excluding diaryl/α,β-unsaturated/α-hetero) is 1. The molecule has 1 aliphatic rings. The highest BCUT2D eigenvalue weighted by Gasteiger charge is 2.42. The van der Waals surface area contributed by atoms with Gasteiger partial charge in [-0.05, 0) is 29.2 Å². The number of fused-ring (bicyclic) bond motifs is 1. The smallest absolute Gasteiger partial charge is 0.491 e. The highest BCUT2D eigenvalue weighted by molar-refractivity contribution is 6.06. The number of amidine groups is 1. The summed E-state index contributed by atoms with van der Waals surface area (Å²) in [6.45, 7) is 4.19. The van der Waals surface area contributed by atoms with Crippen molar-refractivity contribution in [1.82, 2.24) is 4.90 Å². The maximum Gasteiger partial charge on any atom is 0.491 e. The number of hydrogen-bond acceptors (Lipinski definition) is 9. The number of ether oxygens (including phenoxy) is 4. The quantitative estimate of drug-likeness (QED) is 0.196. The standard InChI is InChI=1S/C28H31F4N3O7/c1-27(2,3)16-8-14(9-17(34(4)5)23(16)41-13-20(37)42-26(38)28(30,31)32)18(36)12-35-11-15-10-19(39-6)24(40-7)22(29)21(15)25(35)33/h8-10,33H,11-13H2,1-7H3. The van der Waals surface area contributed by atoms with E-state index < -0.39 is 41.7 Å². The summed E-state index contributed by atoms with van der Waals surface area (Å²) < 4.78 is 72.2. The molecule has 42 heavy (non-hydrogen) atoms. The molecule has 0 atom stereocenters. The van der Waals surface area contributed by atoms with Crippen molar-refractivity contribution in [3.05, 3.63) is 46.3 Å². The van der Waals surface area contributed by atoms with E-state index in [2.05, 4.69) is 4.74 Å². The van der Waals surface area contributed by atoms with Crippen molar-refractivity contribution in [3.8, 4) is 17.2 Å². The third-order valence-electron chi connectivity index (χ3n) is 6.40. The largest absolute Gasteiger partial charge is 0.493 e. The van der Waals surface area contributed by atoms with Crippen LogP contribution in [0.3, 0.4) is 0 Å². The van der Waals surface area contributed by atoms with Crippen LogP contribution in [-0.2, 0) is 26.3 Å². The van der Waals surface area contributed by atoms with Gasteiger partial charge in [-0.2, -0.15) is 13.2 Å². The zero-order valence-corrected chi connectivity index (χ0v) is 24.1. The van der Waals surface area contributed by atoms with Gasteiger partial charge in [0.1, 0.15) is 11.6 Å². The molecule has 3 rings (SSSR count). The van der Waals surface area contributed by atoms with Crippen molar-refractivity contribution in [2.24, 2.45) is 0 Å². The van der Waals surface area contributed by atoms with Crippen molar-refractivity contribution in [2.45, 2.75) is 38.9 Å². The predicted octanol–water partition coefficient (Wildman–Crippen LogP) is 4.24. The van der Waals surface area contributed by atoms with Gasteiger partial charge in [0.2, 0.25) is 0 Å². The van der Waals surface area contributed by atoms with Gasteiger partial charge in [0.15, 0.2) is 29.7 Å². The van der Waals surface area contributed by atoms with Crippen molar-refractivity contribution in [2.75, 3.05) is 46.4 Å². The van der Waals surface area contributed by atoms with Crippen LogP contribution in [0.4, 0.5) is 23.2 Å². The molecule has 2 aromatic carbocycles. The van der Waals surface area contributed by atoms with E-state index in [1.165, 1.54) is 31.3 Å². The Labute approximate surface area is 239 Å². The molecule has 0 radical (unpaired) electrons. The predicted molar refractivity (Wildman–Crippen MR) is 143 cm³/mol. The van der Waals surface area contributed by atoms with Crippen molar-refractivity contribution in [3.63, 3.8) is 0 Å². The molecule has 0 fully saturated rings. The first-order chi connectivity index (χ1) is 19.4. The second-order valence-electron chi connectivity index (χ2n) is 10.7. The Kier molecular flexibility index (Phi) is 9.08. The Morgan fingerprint density at radius 1 is 1.02 bits per heavy atom. The lowest BCUT2D eigenvalue weighted by atomic mass is 9.84. The fraction of sp³-hybridized carbons (Fsp3) is 0.429. The zero-order valence-electron chi connectivity index (χ0n) is 24.1. The van der Waals surface area contributed by atoms with Crippen molar-refractivity contribution < 1.29 is 50.9 Å². The lowest BCUT2D eigenvalue weighted by Gasteiger charge is -2.28. The molecule has 0 saturated carbocycles. The maximum atomic E-state index is 15.1. The molecule has 10 nitrogen and oxygen atoms in total. The van der Waals surface area contributed by atoms with E-state index in [1.807, 2.05) is 0 Å². The molecule has 0 unspecified atom stereocenters. The molecule has 0 saturated heterocycles. The number of halogens is 4. The van der Waals surface area contributed by atoms with Crippen LogP contribution in [0.2, 0.25) is 0 Å². The summed E-state index contributed by atoms with van der Waals surface area (Å²) in [5.41, 5.74) is 0.740. The van der Waals surface area contributed by atoms with E-state index in [0.29, 0.717) is 16.8 Å². The fourth-order valence-electron chi connectivity index (χ4n) is 4.36. The minimum absolute atomic E-state index is 0.00412. The molecule has 0 amide bonds. The Balaban J connectivity index is 1.92. The molecule has 0 spiro atoms. The average Bonchev–Trinajstić information content (AvgIpc) is 3.20. The number of benzene rings is 2. The van der Waals surface area contributed by atoms with Crippen LogP contribution in [0.25, 0.3) is 0 Å². The second-order valence-corrected chi connectivity index (χ2v) is 10.7. The Bertz CT molecular complexity index is 1430. The van der Waals surface area contributed by atoms with Gasteiger partial charge in [-0.3, -0.25) is 10.2 Å². The van der Waals surface area contributed by atoms with Crippen LogP contribution in [0, 0.1) is 11.2 Å². The molecule has 1 heterocycles. The summed E-state index contributed by atoms with van der Waals surface area (Å²) in [5.74, 6) is -5.49. The van der Waals surface area contributed by atoms with Crippen LogP contribution in [0.15, 0.2) is 18.2 Å². The summed E-state index contributed by atoms with van der Waals surface area (Å²) in [5, 5.41) is 8.52. The van der Waals surface area contributed by atoms with Crippen molar-refractivity contribution in [1.29, 1.82) is 5.41 Å². The van der Waals surface area contributed by atoms with E-state index in [9.17, 15) is 27.6 Å². The van der Waals surface area contributed by atoms with Gasteiger partial charge in [-0.25, -0.2) is 14.0 Å². The van der Waals surface area contributed by atoms with Crippen LogP contribution < -0.4 is 19.1 Å². The summed E-state index contributed by atoms with van der Waals surface area (Å²) in [7, 11) is 5.90. The van der Waals surface area contributed by atoms with Gasteiger partial charge in [0.05, 0.1) is 32.0 Å². The molecule has 0 aliphatic carbocycles. The monoisotopic (exact) mass is 597 g/mol. The third kappa shape index (κ3) is 6.58. The molecule has 1 N–H and O–H groups in total. The SMILES string of the molecule is COc1cc2c(c(F)c1OC)C(=N)N(CC(=O)c1cc(N(C)C)c(OCC(=O)OC(=O)C(F)(F)F)c(C(C)(C)C)c1)C2. The number of esters is 2. The number of nitrogens with one attached hydrogen (secondary N) is 1. The van der Waals surface area contributed by atoms with E-state index in [-0.39, 0.29) is 47.3 Å². The minimum Gasteiger partial charge on any atom is -0.493 e. The van der Waals surface area contributed by atoms with Crippen LogP contribution in [0.1, 0.15) is 47.8 Å². The second kappa shape index (κ2) is 11.9. The van der Waals surface area contributed by atoms with E-state index in [1.54, 1.807) is 45.8 Å². The highest BCUT2D eigenvalue weighted by Crippen LogP contribution is 2.41. The minimum atomic E-state index is -5.35. The molecule has 0 bridgehead atoms. The number of ketones is 1. The van der Waals surface area contributed by atoms with E-state index in [4.69, 9.17) is 19.6 Å². The average molecular weight is 598 g/mol. The van der Waals surface area contributed by atoms with E-state index in [0.717, 1.165) is 0 Å². The molecular formula is C28H31F4N3O7. The summed E-state index contributed by atoms with van der Waals surface area (Å²) >= 11 is 0. The maximum absolute atomic E-state index is 15.1. The first-order valence-corrected chi connectivity index (χ1v) is 12.5. The number of hydrogen-bond donors (Lipinski definition) is 1. The first-order valence-electron chi connectivity index (χ1n) is 12.5. The summed E-state index contributed by atoms with van der Waals surface area (Å²) in [6.07, 6.45) is -5.35. The normalized spacial score (nSPS) is 13.0. The molecular weight excluding hydrogens is 566 g/mol. The van der Waals surface area contributed by atoms with E-state index >= 15 is 4.39 Å². The Morgan fingerprint density at radius 2 is 1.67 bits per heavy atom. The number of rotatable bonds is 9. The Morgan fingerprint density at radius 3 is 2.19 bits per heavy atom. The van der Waals surface area contributed by atoms with Gasteiger partial charge in [0.25, 0.3) is 0 Å². The number of anilines is 1. The fourth-order valence-corrected chi connectivity index (χ4v) is 4.36. The number of alkyl halides is 3. The van der Waals surface area contributed by atoms with Crippen LogP contribution in [0.5, 0.6) is 17.2 Å². The lowest BCUT2D eigenvalue weighted by molar-refractivity contribution is -0.202. The number of carbonyl (C=O) groups is 3.